The molecule has 1 amide bonds. The Hall–Kier alpha value is -1.61. The van der Waals surface area contributed by atoms with Gasteiger partial charge in [0.25, 0.3) is 0 Å². The largest absolute Gasteiger partial charge is 0.416 e. The highest BCUT2D eigenvalue weighted by Gasteiger charge is 2.36. The second kappa shape index (κ2) is 8.02. The van der Waals surface area contributed by atoms with Gasteiger partial charge in [-0.05, 0) is 49.8 Å². The number of amides is 1. The van der Waals surface area contributed by atoms with Gasteiger partial charge in [0.1, 0.15) is 0 Å². The maximum absolute atomic E-state index is 12.9. The van der Waals surface area contributed by atoms with E-state index in [4.69, 9.17) is 0 Å². The van der Waals surface area contributed by atoms with E-state index in [1.165, 1.54) is 10.4 Å². The summed E-state index contributed by atoms with van der Waals surface area (Å²) in [5.41, 5.74) is -0.988. The molecule has 2 saturated heterocycles. The first-order chi connectivity index (χ1) is 13.1. The SMILES string of the molecule is CC1CCCN(C(=O)C2CCN(S(=O)(=O)c3cccc(C(F)(F)F)c3)CC2)C1. The summed E-state index contributed by atoms with van der Waals surface area (Å²) in [5, 5.41) is 0. The molecular formula is C19H25F3N2O3S. The third-order valence-electron chi connectivity index (χ3n) is 5.57. The molecule has 2 aliphatic heterocycles. The molecule has 5 nitrogen and oxygen atoms in total. The molecule has 1 aromatic rings. The van der Waals surface area contributed by atoms with E-state index in [1.807, 2.05) is 4.90 Å². The molecule has 3 rings (SSSR count). The van der Waals surface area contributed by atoms with Crippen LogP contribution in [0.3, 0.4) is 0 Å². The van der Waals surface area contributed by atoms with E-state index in [2.05, 4.69) is 6.92 Å². The van der Waals surface area contributed by atoms with Gasteiger partial charge in [0.05, 0.1) is 10.5 Å². The van der Waals surface area contributed by atoms with Crippen LogP contribution in [0.2, 0.25) is 0 Å². The number of alkyl halides is 3. The van der Waals surface area contributed by atoms with Gasteiger partial charge in [-0.1, -0.05) is 13.0 Å². The number of rotatable bonds is 3. The first-order valence-corrected chi connectivity index (χ1v) is 11.0. The molecule has 1 unspecified atom stereocenters. The molecule has 28 heavy (non-hydrogen) atoms. The van der Waals surface area contributed by atoms with Gasteiger partial charge < -0.3 is 4.90 Å². The quantitative estimate of drug-likeness (QED) is 0.756. The number of hydrogen-bond donors (Lipinski definition) is 0. The molecule has 156 valence electrons. The fourth-order valence-electron chi connectivity index (χ4n) is 3.97. The molecular weight excluding hydrogens is 393 g/mol. The number of hydrogen-bond acceptors (Lipinski definition) is 3. The molecule has 2 fully saturated rings. The summed E-state index contributed by atoms with van der Waals surface area (Å²) in [6.07, 6.45) is -1.73. The molecule has 0 radical (unpaired) electrons. The summed E-state index contributed by atoms with van der Waals surface area (Å²) in [5.74, 6) is 0.319. The van der Waals surface area contributed by atoms with Crippen LogP contribution in [0.25, 0.3) is 0 Å². The van der Waals surface area contributed by atoms with E-state index in [-0.39, 0.29) is 29.8 Å². The zero-order chi connectivity index (χ0) is 20.5. The average molecular weight is 418 g/mol. The number of piperidine rings is 2. The monoisotopic (exact) mass is 418 g/mol. The Balaban J connectivity index is 1.66. The number of sulfonamides is 1. The smallest absolute Gasteiger partial charge is 0.342 e. The molecule has 0 N–H and O–H groups in total. The summed E-state index contributed by atoms with van der Waals surface area (Å²) in [7, 11) is -4.02. The molecule has 2 aliphatic rings. The van der Waals surface area contributed by atoms with Gasteiger partial charge in [-0.3, -0.25) is 4.79 Å². The van der Waals surface area contributed by atoms with Crippen LogP contribution < -0.4 is 0 Å². The summed E-state index contributed by atoms with van der Waals surface area (Å²) >= 11 is 0. The van der Waals surface area contributed by atoms with Crippen molar-refractivity contribution in [2.45, 2.75) is 43.7 Å². The van der Waals surface area contributed by atoms with Crippen molar-refractivity contribution in [1.29, 1.82) is 0 Å². The zero-order valence-electron chi connectivity index (χ0n) is 15.8. The minimum absolute atomic E-state index is 0.0719. The number of likely N-dealkylation sites (tertiary alicyclic amines) is 1. The fraction of sp³-hybridized carbons (Fsp3) is 0.632. The minimum atomic E-state index is -4.60. The van der Waals surface area contributed by atoms with E-state index in [9.17, 15) is 26.4 Å². The van der Waals surface area contributed by atoms with Gasteiger partial charge >= 0.3 is 6.18 Å². The van der Waals surface area contributed by atoms with Gasteiger partial charge in [-0.25, -0.2) is 8.42 Å². The van der Waals surface area contributed by atoms with Gasteiger partial charge in [-0.15, -0.1) is 0 Å². The molecule has 9 heteroatoms. The van der Waals surface area contributed by atoms with Gasteiger partial charge in [0.2, 0.25) is 15.9 Å². The van der Waals surface area contributed by atoms with Crippen LogP contribution in [0.1, 0.15) is 38.2 Å². The van der Waals surface area contributed by atoms with Crippen molar-refractivity contribution in [2.75, 3.05) is 26.2 Å². The molecule has 0 spiro atoms. The van der Waals surface area contributed by atoms with E-state index in [0.717, 1.165) is 38.1 Å². The molecule has 0 aliphatic carbocycles. The highest BCUT2D eigenvalue weighted by molar-refractivity contribution is 7.89. The van der Waals surface area contributed by atoms with Gasteiger partial charge in [-0.2, -0.15) is 17.5 Å². The van der Waals surface area contributed by atoms with Gasteiger partial charge in [0.15, 0.2) is 0 Å². The molecule has 0 bridgehead atoms. The van der Waals surface area contributed by atoms with E-state index >= 15 is 0 Å². The lowest BCUT2D eigenvalue weighted by Crippen LogP contribution is -2.46. The van der Waals surface area contributed by atoms with Crippen LogP contribution in [0.4, 0.5) is 13.2 Å². The van der Waals surface area contributed by atoms with E-state index < -0.39 is 21.8 Å². The number of halogens is 3. The van der Waals surface area contributed by atoms with Crippen LogP contribution in [-0.2, 0) is 21.0 Å². The Morgan fingerprint density at radius 1 is 1.11 bits per heavy atom. The van der Waals surface area contributed by atoms with Crippen molar-refractivity contribution in [3.63, 3.8) is 0 Å². The Bertz CT molecular complexity index is 818. The van der Waals surface area contributed by atoms with Gasteiger partial charge in [0, 0.05) is 32.1 Å². The summed E-state index contributed by atoms with van der Waals surface area (Å²) < 4.78 is 65.4. The van der Waals surface area contributed by atoms with E-state index in [1.54, 1.807) is 0 Å². The van der Waals surface area contributed by atoms with Crippen molar-refractivity contribution in [1.82, 2.24) is 9.21 Å². The van der Waals surface area contributed by atoms with Crippen molar-refractivity contribution in [3.05, 3.63) is 29.8 Å². The first-order valence-electron chi connectivity index (χ1n) is 9.55. The van der Waals surface area contributed by atoms with Crippen LogP contribution in [0.5, 0.6) is 0 Å². The van der Waals surface area contributed by atoms with Crippen LogP contribution in [0, 0.1) is 11.8 Å². The number of carbonyl (C=O) groups is 1. The highest BCUT2D eigenvalue weighted by Crippen LogP contribution is 2.32. The lowest BCUT2D eigenvalue weighted by atomic mass is 9.93. The second-order valence-electron chi connectivity index (χ2n) is 7.74. The van der Waals surface area contributed by atoms with Crippen molar-refractivity contribution in [3.8, 4) is 0 Å². The predicted molar refractivity (Wildman–Crippen MR) is 97.9 cm³/mol. The second-order valence-corrected chi connectivity index (χ2v) is 9.67. The minimum Gasteiger partial charge on any atom is -0.342 e. The first kappa shape index (κ1) is 21.1. The molecule has 2 heterocycles. The Morgan fingerprint density at radius 3 is 2.39 bits per heavy atom. The fourth-order valence-corrected chi connectivity index (χ4v) is 5.49. The molecule has 0 saturated carbocycles. The number of benzene rings is 1. The summed E-state index contributed by atoms with van der Waals surface area (Å²) in [6, 6.07) is 3.80. The Morgan fingerprint density at radius 2 is 1.79 bits per heavy atom. The predicted octanol–water partition coefficient (Wildman–Crippen LogP) is 3.36. The summed E-state index contributed by atoms with van der Waals surface area (Å²) in [4.78, 5) is 14.2. The molecule has 1 atom stereocenters. The summed E-state index contributed by atoms with van der Waals surface area (Å²) in [6.45, 7) is 3.87. The maximum atomic E-state index is 12.9. The maximum Gasteiger partial charge on any atom is 0.416 e. The Kier molecular flexibility index (Phi) is 6.05. The van der Waals surface area contributed by atoms with Crippen molar-refractivity contribution in [2.24, 2.45) is 11.8 Å². The van der Waals surface area contributed by atoms with Crippen LogP contribution in [0.15, 0.2) is 29.2 Å². The van der Waals surface area contributed by atoms with Crippen molar-refractivity contribution >= 4 is 15.9 Å². The number of nitrogens with zero attached hydrogens (tertiary/aromatic N) is 2. The third kappa shape index (κ3) is 4.51. The highest BCUT2D eigenvalue weighted by atomic mass is 32.2. The lowest BCUT2D eigenvalue weighted by molar-refractivity contribution is -0.139. The standard InChI is InChI=1S/C19H25F3N2O3S/c1-14-4-3-9-23(13-14)18(25)15-7-10-24(11-8-15)28(26,27)17-6-2-5-16(12-17)19(20,21)22/h2,5-6,12,14-15H,3-4,7-11,13H2,1H3. The normalized spacial score (nSPS) is 23.0. The van der Waals surface area contributed by atoms with E-state index in [0.29, 0.717) is 24.8 Å². The lowest BCUT2D eigenvalue weighted by Gasteiger charge is -2.36. The molecule has 0 aromatic heterocycles. The average Bonchev–Trinajstić information content (AvgIpc) is 2.67. The zero-order valence-corrected chi connectivity index (χ0v) is 16.6. The third-order valence-corrected chi connectivity index (χ3v) is 7.47. The number of carbonyl (C=O) groups excluding carboxylic acids is 1. The molecule has 1 aromatic carbocycles. The van der Waals surface area contributed by atoms with Crippen LogP contribution >= 0.6 is 0 Å². The Labute approximate surface area is 163 Å². The topological polar surface area (TPSA) is 57.7 Å². The van der Waals surface area contributed by atoms with Crippen LogP contribution in [-0.4, -0.2) is 49.7 Å². The van der Waals surface area contributed by atoms with Crippen molar-refractivity contribution < 1.29 is 26.4 Å².